The Bertz CT molecular complexity index is 610. The van der Waals surface area contributed by atoms with Gasteiger partial charge in [0.2, 0.25) is 0 Å². The zero-order valence-corrected chi connectivity index (χ0v) is 27.0. The first-order valence-electron chi connectivity index (χ1n) is 15.2. The van der Waals surface area contributed by atoms with E-state index in [0.717, 1.165) is 11.5 Å². The summed E-state index contributed by atoms with van der Waals surface area (Å²) in [5.74, 6) is 1.44. The minimum atomic E-state index is -4.76. The second kappa shape index (κ2) is 23.6. The summed E-state index contributed by atoms with van der Waals surface area (Å²) in [5.41, 5.74) is 0. The van der Waals surface area contributed by atoms with Gasteiger partial charge in [-0.25, -0.2) is 0 Å². The zero-order chi connectivity index (χ0) is 28.7. The first kappa shape index (κ1) is 37.9. The third-order valence-corrected chi connectivity index (χ3v) is 8.92. The van der Waals surface area contributed by atoms with Crippen LogP contribution in [0.3, 0.4) is 0 Å². The van der Waals surface area contributed by atoms with Gasteiger partial charge in [-0.2, -0.15) is 11.8 Å². The molecule has 7 nitrogen and oxygen atoms in total. The third-order valence-electron chi connectivity index (χ3n) is 7.13. The summed E-state index contributed by atoms with van der Waals surface area (Å²) in [6.07, 6.45) is 22.4. The molecule has 0 aliphatic carbocycles. The lowest BCUT2D eigenvalue weighted by Crippen LogP contribution is -2.48. The smallest absolute Gasteiger partial charge is 0.309 e. The summed E-state index contributed by atoms with van der Waals surface area (Å²) in [5, 5.41) is 0. The molecular formula is C29H60NO6PS. The Hall–Kier alpha value is -0.110. The Labute approximate surface area is 239 Å². The Balaban J connectivity index is 3.63. The summed E-state index contributed by atoms with van der Waals surface area (Å²) in [7, 11) is 0.946. The van der Waals surface area contributed by atoms with Crippen LogP contribution in [0.15, 0.2) is 0 Å². The minimum absolute atomic E-state index is 0.150. The summed E-state index contributed by atoms with van der Waals surface area (Å²) < 4.78 is 21.3. The Morgan fingerprint density at radius 1 is 0.868 bits per heavy atom. The zero-order valence-electron chi connectivity index (χ0n) is 25.3. The van der Waals surface area contributed by atoms with Crippen LogP contribution >= 0.6 is 19.6 Å². The van der Waals surface area contributed by atoms with Crippen LogP contribution in [0.25, 0.3) is 0 Å². The van der Waals surface area contributed by atoms with Crippen LogP contribution in [0.5, 0.6) is 0 Å². The van der Waals surface area contributed by atoms with Gasteiger partial charge in [0.05, 0.1) is 33.7 Å². The fourth-order valence-corrected chi connectivity index (χ4v) is 5.82. The highest BCUT2D eigenvalue weighted by Crippen LogP contribution is 2.31. The summed E-state index contributed by atoms with van der Waals surface area (Å²) in [6.45, 7) is 4.22. The maximum Gasteiger partial charge on any atom is 0.309 e. The lowest BCUT2D eigenvalue weighted by atomic mass is 10.0. The highest BCUT2D eigenvalue weighted by Gasteiger charge is 2.26. The van der Waals surface area contributed by atoms with Crippen molar-refractivity contribution in [3.63, 3.8) is 0 Å². The van der Waals surface area contributed by atoms with Gasteiger partial charge in [0, 0.05) is 12.2 Å². The van der Waals surface area contributed by atoms with Crippen molar-refractivity contribution in [3.8, 4) is 0 Å². The van der Waals surface area contributed by atoms with Gasteiger partial charge in [-0.3, -0.25) is 9.36 Å². The van der Waals surface area contributed by atoms with Gasteiger partial charge >= 0.3 is 5.97 Å². The van der Waals surface area contributed by atoms with Crippen LogP contribution in [0, 0.1) is 5.92 Å². The fraction of sp³-hybridized carbons (Fsp3) is 0.966. The van der Waals surface area contributed by atoms with Gasteiger partial charge in [-0.1, -0.05) is 110 Å². The van der Waals surface area contributed by atoms with Gasteiger partial charge in [-0.15, -0.1) is 0 Å². The molecule has 0 amide bonds. The van der Waals surface area contributed by atoms with Gasteiger partial charge in [0.15, 0.2) is 0 Å². The number of nitrogens with zero attached hydrogens (tertiary/aromatic N) is 1. The van der Waals surface area contributed by atoms with E-state index >= 15 is 0 Å². The number of likely N-dealkylation sites (N-methyl/N-ethyl adjacent to an activating group) is 1. The molecule has 0 saturated carbocycles. The first-order chi connectivity index (χ1) is 18.0. The second-order valence-electron chi connectivity index (χ2n) is 11.8. The normalized spacial score (nSPS) is 15.2. The fourth-order valence-electron chi connectivity index (χ4n) is 4.39. The van der Waals surface area contributed by atoms with Gasteiger partial charge in [0.1, 0.15) is 12.6 Å². The quantitative estimate of drug-likeness (QED) is 0.0478. The molecular weight excluding hydrogens is 521 g/mol. The van der Waals surface area contributed by atoms with Crippen LogP contribution < -0.4 is 4.89 Å². The second-order valence-corrected chi connectivity index (χ2v) is 14.1. The molecule has 0 rings (SSSR count). The lowest BCUT2D eigenvalue weighted by molar-refractivity contribution is -0.896. The maximum atomic E-state index is 12.3. The van der Waals surface area contributed by atoms with Crippen molar-refractivity contribution in [1.29, 1.82) is 0 Å². The summed E-state index contributed by atoms with van der Waals surface area (Å²) >= 11 is 1.81. The van der Waals surface area contributed by atoms with E-state index in [1.807, 2.05) is 39.8 Å². The number of quaternary nitrogens is 1. The largest absolute Gasteiger partial charge is 0.756 e. The van der Waals surface area contributed by atoms with Crippen molar-refractivity contribution in [2.24, 2.45) is 5.92 Å². The average molecular weight is 582 g/mol. The summed E-state index contributed by atoms with van der Waals surface area (Å²) in [4.78, 5) is 32.0. The van der Waals surface area contributed by atoms with Crippen molar-refractivity contribution in [2.75, 3.05) is 45.9 Å². The van der Waals surface area contributed by atoms with Gasteiger partial charge in [-0.05, 0) is 12.2 Å². The number of phosphoric ester groups is 1. The molecule has 1 N–H and O–H groups in total. The number of hydrogen-bond donors (Lipinski definition) is 1. The van der Waals surface area contributed by atoms with Crippen molar-refractivity contribution >= 4 is 25.6 Å². The first-order valence-corrected chi connectivity index (χ1v) is 17.9. The van der Waals surface area contributed by atoms with Gasteiger partial charge in [0.25, 0.3) is 7.82 Å². The molecule has 0 spiro atoms. The third kappa shape index (κ3) is 24.9. The lowest BCUT2D eigenvalue weighted by Gasteiger charge is -2.34. The van der Waals surface area contributed by atoms with Crippen LogP contribution in [0.4, 0.5) is 0 Å². The number of phosphoric acid groups is 1. The van der Waals surface area contributed by atoms with Crippen LogP contribution in [0.2, 0.25) is 0 Å². The number of ether oxygens (including phenoxy) is 1. The molecule has 0 aromatic carbocycles. The van der Waals surface area contributed by atoms with E-state index in [9.17, 15) is 14.3 Å². The number of carbonyl (C=O) groups excluding carboxylic acids is 1. The Kier molecular flexibility index (Phi) is 23.5. The number of carbonyl (C=O) groups is 1. The van der Waals surface area contributed by atoms with E-state index < -0.39 is 7.82 Å². The van der Waals surface area contributed by atoms with Crippen LogP contribution in [0.1, 0.15) is 123 Å². The summed E-state index contributed by atoms with van der Waals surface area (Å²) in [6, 6.07) is -0.225. The molecule has 0 aromatic heterocycles. The molecule has 0 heterocycles. The van der Waals surface area contributed by atoms with Crippen LogP contribution in [-0.4, -0.2) is 67.3 Å². The molecule has 0 bridgehead atoms. The number of rotatable bonds is 27. The van der Waals surface area contributed by atoms with E-state index in [-0.39, 0.29) is 31.1 Å². The predicted octanol–water partition coefficient (Wildman–Crippen LogP) is 7.10. The average Bonchev–Trinajstić information content (AvgIpc) is 2.83. The van der Waals surface area contributed by atoms with E-state index in [1.54, 1.807) is 0 Å². The van der Waals surface area contributed by atoms with E-state index in [0.29, 0.717) is 10.9 Å². The van der Waals surface area contributed by atoms with Gasteiger partial charge < -0.3 is 23.5 Å². The molecule has 0 aliphatic rings. The molecule has 0 saturated heterocycles. The predicted molar refractivity (Wildman–Crippen MR) is 159 cm³/mol. The number of esters is 1. The number of hydrogen-bond acceptors (Lipinski definition) is 6. The topological polar surface area (TPSA) is 95.9 Å². The maximum absolute atomic E-state index is 12.3. The van der Waals surface area contributed by atoms with E-state index in [4.69, 9.17) is 9.63 Å². The number of thioether (sulfide) groups is 1. The molecule has 0 fully saturated rings. The molecule has 38 heavy (non-hydrogen) atoms. The standard InChI is InChI=1S/C29H60NO6PS/c1-6-7-8-9-10-11-12-13-14-15-16-17-18-19-20-21-24-38-26-27(2)29(31)35-23-22-28(30(3,4)5)25-36-37(32,33)34/h27-28H,6-26H2,1-5H3,(H-,32,33,34). The van der Waals surface area contributed by atoms with Crippen molar-refractivity contribution in [1.82, 2.24) is 0 Å². The molecule has 3 atom stereocenters. The monoisotopic (exact) mass is 581 g/mol. The Morgan fingerprint density at radius 3 is 1.74 bits per heavy atom. The molecule has 9 heteroatoms. The van der Waals surface area contributed by atoms with Crippen LogP contribution in [-0.2, 0) is 18.6 Å². The SMILES string of the molecule is CCCCCCCCCCCCCCCCCCSCC(C)C(=O)OCCC(COP(=O)([O-])O)[N+](C)(C)C. The van der Waals surface area contributed by atoms with E-state index in [1.165, 1.54) is 103 Å². The van der Waals surface area contributed by atoms with E-state index in [2.05, 4.69) is 11.4 Å². The highest BCUT2D eigenvalue weighted by atomic mass is 32.2. The van der Waals surface area contributed by atoms with Crippen molar-refractivity contribution in [2.45, 2.75) is 129 Å². The molecule has 0 aromatic rings. The minimum Gasteiger partial charge on any atom is -0.756 e. The van der Waals surface area contributed by atoms with Crippen molar-refractivity contribution < 1.29 is 32.9 Å². The number of unbranched alkanes of at least 4 members (excludes halogenated alkanes) is 15. The Morgan fingerprint density at radius 2 is 1.32 bits per heavy atom. The van der Waals surface area contributed by atoms with Crippen molar-refractivity contribution in [3.05, 3.63) is 0 Å². The molecule has 3 unspecified atom stereocenters. The highest BCUT2D eigenvalue weighted by molar-refractivity contribution is 7.99. The molecule has 228 valence electrons. The molecule has 0 aliphatic heterocycles. The molecule has 0 radical (unpaired) electrons.